The van der Waals surface area contributed by atoms with Gasteiger partial charge in [0.25, 0.3) is 0 Å². The number of anilines is 1. The van der Waals surface area contributed by atoms with Crippen LogP contribution in [-0.2, 0) is 0 Å². The van der Waals surface area contributed by atoms with E-state index in [0.29, 0.717) is 0 Å². The maximum absolute atomic E-state index is 5.66. The van der Waals surface area contributed by atoms with Crippen molar-refractivity contribution in [3.8, 4) is 5.75 Å². The van der Waals surface area contributed by atoms with Gasteiger partial charge in [-0.1, -0.05) is 17.8 Å². The molecule has 0 aliphatic rings. The van der Waals surface area contributed by atoms with Crippen molar-refractivity contribution in [2.24, 2.45) is 0 Å². The highest BCUT2D eigenvalue weighted by Gasteiger charge is 2.02. The third kappa shape index (κ3) is 2.94. The van der Waals surface area contributed by atoms with Gasteiger partial charge in [0.1, 0.15) is 5.75 Å². The number of hydrogen-bond acceptors (Lipinski definition) is 3. The number of nitrogen functional groups attached to an aromatic ring is 1. The second-order valence-electron chi connectivity index (χ2n) is 3.80. The topological polar surface area (TPSA) is 35.2 Å². The summed E-state index contributed by atoms with van der Waals surface area (Å²) in [7, 11) is 1.69. The molecular weight excluding hydrogens is 230 g/mol. The van der Waals surface area contributed by atoms with Crippen LogP contribution in [0.5, 0.6) is 5.75 Å². The number of rotatable bonds is 3. The maximum Gasteiger partial charge on any atom is 0.122 e. The van der Waals surface area contributed by atoms with Crippen LogP contribution in [0.15, 0.2) is 52.3 Å². The van der Waals surface area contributed by atoms with Crippen molar-refractivity contribution in [2.45, 2.75) is 16.7 Å². The highest BCUT2D eigenvalue weighted by molar-refractivity contribution is 7.99. The summed E-state index contributed by atoms with van der Waals surface area (Å²) in [6.45, 7) is 2.04. The van der Waals surface area contributed by atoms with Crippen molar-refractivity contribution >= 4 is 17.4 Å². The molecule has 2 rings (SSSR count). The zero-order chi connectivity index (χ0) is 12.3. The number of nitrogens with two attached hydrogens (primary N) is 1. The van der Waals surface area contributed by atoms with Crippen LogP contribution in [0.2, 0.25) is 0 Å². The Hall–Kier alpha value is -1.61. The average Bonchev–Trinajstić information content (AvgIpc) is 2.34. The fourth-order valence-electron chi connectivity index (χ4n) is 1.54. The lowest BCUT2D eigenvalue weighted by Gasteiger charge is -2.07. The molecule has 0 aliphatic heterocycles. The highest BCUT2D eigenvalue weighted by Crippen LogP contribution is 2.31. The minimum atomic E-state index is 0.788. The van der Waals surface area contributed by atoms with Gasteiger partial charge in [-0.3, -0.25) is 0 Å². The lowest BCUT2D eigenvalue weighted by Crippen LogP contribution is -1.87. The molecule has 2 aromatic rings. The van der Waals surface area contributed by atoms with Gasteiger partial charge in [-0.25, -0.2) is 0 Å². The van der Waals surface area contributed by atoms with Gasteiger partial charge in [0.05, 0.1) is 7.11 Å². The summed E-state index contributed by atoms with van der Waals surface area (Å²) in [5.41, 5.74) is 7.59. The first-order valence-electron chi connectivity index (χ1n) is 5.37. The molecule has 3 heteroatoms. The molecule has 0 bridgehead atoms. The predicted octanol–water partition coefficient (Wildman–Crippen LogP) is 3.74. The van der Waals surface area contributed by atoms with Crippen molar-refractivity contribution in [2.75, 3.05) is 12.8 Å². The molecule has 17 heavy (non-hydrogen) atoms. The second-order valence-corrected chi connectivity index (χ2v) is 4.95. The van der Waals surface area contributed by atoms with E-state index in [1.165, 1.54) is 4.90 Å². The molecule has 0 fully saturated rings. The maximum atomic E-state index is 5.66. The molecule has 0 amide bonds. The zero-order valence-electron chi connectivity index (χ0n) is 9.94. The SMILES string of the molecule is COc1cc(Sc2ccc(N)cc2)ccc1C. The van der Waals surface area contributed by atoms with Crippen LogP contribution < -0.4 is 10.5 Å². The Morgan fingerprint density at radius 1 is 1.00 bits per heavy atom. The molecule has 0 saturated heterocycles. The molecule has 88 valence electrons. The van der Waals surface area contributed by atoms with Gasteiger partial charge < -0.3 is 10.5 Å². The predicted molar refractivity (Wildman–Crippen MR) is 72.7 cm³/mol. The summed E-state index contributed by atoms with van der Waals surface area (Å²) in [5, 5.41) is 0. The number of methoxy groups -OCH3 is 1. The summed E-state index contributed by atoms with van der Waals surface area (Å²) in [5.74, 6) is 0.922. The quantitative estimate of drug-likeness (QED) is 0.837. The molecule has 2 nitrogen and oxygen atoms in total. The lowest BCUT2D eigenvalue weighted by molar-refractivity contribution is 0.410. The third-order valence-electron chi connectivity index (χ3n) is 2.50. The Morgan fingerprint density at radius 2 is 1.65 bits per heavy atom. The summed E-state index contributed by atoms with van der Waals surface area (Å²) in [4.78, 5) is 2.34. The number of hydrogen-bond donors (Lipinski definition) is 1. The van der Waals surface area contributed by atoms with Crippen molar-refractivity contribution in [1.82, 2.24) is 0 Å². The van der Waals surface area contributed by atoms with E-state index in [1.54, 1.807) is 18.9 Å². The highest BCUT2D eigenvalue weighted by atomic mass is 32.2. The fourth-order valence-corrected chi connectivity index (χ4v) is 2.38. The molecular formula is C14H15NOS. The molecule has 0 saturated carbocycles. The minimum Gasteiger partial charge on any atom is -0.496 e. The zero-order valence-corrected chi connectivity index (χ0v) is 10.8. The summed E-state index contributed by atoms with van der Waals surface area (Å²) in [6.07, 6.45) is 0. The van der Waals surface area contributed by atoms with Crippen LogP contribution in [0, 0.1) is 6.92 Å². The standard InChI is InChI=1S/C14H15NOS/c1-10-3-6-13(9-14(10)16-2)17-12-7-4-11(15)5-8-12/h3-9H,15H2,1-2H3. The first-order chi connectivity index (χ1) is 8.19. The van der Waals surface area contributed by atoms with Gasteiger partial charge in [0, 0.05) is 15.5 Å². The first kappa shape index (κ1) is 11.9. The Balaban J connectivity index is 2.21. The molecule has 0 spiro atoms. The van der Waals surface area contributed by atoms with Crippen LogP contribution >= 0.6 is 11.8 Å². The van der Waals surface area contributed by atoms with Gasteiger partial charge in [-0.05, 0) is 48.9 Å². The van der Waals surface area contributed by atoms with Gasteiger partial charge in [-0.15, -0.1) is 0 Å². The van der Waals surface area contributed by atoms with Crippen LogP contribution in [0.3, 0.4) is 0 Å². The number of aryl methyl sites for hydroxylation is 1. The normalized spacial score (nSPS) is 10.2. The van der Waals surface area contributed by atoms with Crippen LogP contribution in [0.4, 0.5) is 5.69 Å². The molecule has 0 heterocycles. The molecule has 2 N–H and O–H groups in total. The molecule has 0 atom stereocenters. The first-order valence-corrected chi connectivity index (χ1v) is 6.19. The van der Waals surface area contributed by atoms with Gasteiger partial charge in [0.15, 0.2) is 0 Å². The van der Waals surface area contributed by atoms with Gasteiger partial charge in [0.2, 0.25) is 0 Å². The van der Waals surface area contributed by atoms with E-state index in [-0.39, 0.29) is 0 Å². The van der Waals surface area contributed by atoms with Crippen LogP contribution in [0.1, 0.15) is 5.56 Å². The monoisotopic (exact) mass is 245 g/mol. The average molecular weight is 245 g/mol. The molecule has 0 radical (unpaired) electrons. The van der Waals surface area contributed by atoms with Crippen molar-refractivity contribution in [1.29, 1.82) is 0 Å². The largest absolute Gasteiger partial charge is 0.496 e. The summed E-state index contributed by atoms with van der Waals surface area (Å²) < 4.78 is 5.31. The van der Waals surface area contributed by atoms with E-state index in [0.717, 1.165) is 21.9 Å². The minimum absolute atomic E-state index is 0.788. The van der Waals surface area contributed by atoms with Crippen molar-refractivity contribution in [3.05, 3.63) is 48.0 Å². The van der Waals surface area contributed by atoms with E-state index in [4.69, 9.17) is 10.5 Å². The molecule has 0 unspecified atom stereocenters. The fraction of sp³-hybridized carbons (Fsp3) is 0.143. The number of ether oxygens (including phenoxy) is 1. The van der Waals surface area contributed by atoms with E-state index >= 15 is 0 Å². The van der Waals surface area contributed by atoms with Crippen LogP contribution in [0.25, 0.3) is 0 Å². The Morgan fingerprint density at radius 3 is 2.29 bits per heavy atom. The lowest BCUT2D eigenvalue weighted by atomic mass is 10.2. The smallest absolute Gasteiger partial charge is 0.122 e. The van der Waals surface area contributed by atoms with Crippen LogP contribution in [-0.4, -0.2) is 7.11 Å². The molecule has 2 aromatic carbocycles. The Bertz CT molecular complexity index is 508. The number of benzene rings is 2. The van der Waals surface area contributed by atoms with Crippen molar-refractivity contribution in [3.63, 3.8) is 0 Å². The molecule has 0 aromatic heterocycles. The van der Waals surface area contributed by atoms with Crippen molar-refractivity contribution < 1.29 is 4.74 Å². The Labute approximate surface area is 106 Å². The van der Waals surface area contributed by atoms with E-state index in [9.17, 15) is 0 Å². The van der Waals surface area contributed by atoms with Gasteiger partial charge >= 0.3 is 0 Å². The van der Waals surface area contributed by atoms with E-state index in [2.05, 4.69) is 18.2 Å². The van der Waals surface area contributed by atoms with E-state index < -0.39 is 0 Å². The Kier molecular flexibility index (Phi) is 3.59. The van der Waals surface area contributed by atoms with E-state index in [1.807, 2.05) is 31.2 Å². The summed E-state index contributed by atoms with van der Waals surface area (Å²) >= 11 is 1.70. The second kappa shape index (κ2) is 5.15. The van der Waals surface area contributed by atoms with Gasteiger partial charge in [-0.2, -0.15) is 0 Å². The third-order valence-corrected chi connectivity index (χ3v) is 3.49. The summed E-state index contributed by atoms with van der Waals surface area (Å²) in [6, 6.07) is 14.1. The molecule has 0 aliphatic carbocycles.